The Hall–Kier alpha value is -2.15. The molecule has 3 rings (SSSR count). The standard InChI is InChI=1S/C17H16ClN3O2S/c1-13-10-15(18)6-7-17(13)24(22,23)20-12-14-4-2-5-16(11-14)21-9-3-8-19-21/h2-11,20H,12H2,1H3. The number of sulfonamides is 1. The summed E-state index contributed by atoms with van der Waals surface area (Å²) in [6.07, 6.45) is 3.53. The van der Waals surface area contributed by atoms with Crippen molar-refractivity contribution in [1.29, 1.82) is 0 Å². The van der Waals surface area contributed by atoms with Gasteiger partial charge in [-0.3, -0.25) is 0 Å². The first-order valence-corrected chi connectivity index (χ1v) is 9.16. The summed E-state index contributed by atoms with van der Waals surface area (Å²) in [6.45, 7) is 1.91. The number of rotatable bonds is 5. The van der Waals surface area contributed by atoms with Crippen LogP contribution in [0.3, 0.4) is 0 Å². The van der Waals surface area contributed by atoms with Crippen LogP contribution < -0.4 is 4.72 Å². The Morgan fingerprint density at radius 2 is 2.00 bits per heavy atom. The van der Waals surface area contributed by atoms with Gasteiger partial charge in [0, 0.05) is 24.0 Å². The fourth-order valence-electron chi connectivity index (χ4n) is 2.40. The zero-order chi connectivity index (χ0) is 17.2. The van der Waals surface area contributed by atoms with E-state index in [1.165, 1.54) is 6.07 Å². The number of hydrogen-bond acceptors (Lipinski definition) is 3. The first kappa shape index (κ1) is 16.7. The quantitative estimate of drug-likeness (QED) is 0.758. The molecule has 1 N–H and O–H groups in total. The molecule has 0 saturated carbocycles. The Morgan fingerprint density at radius 3 is 2.71 bits per heavy atom. The van der Waals surface area contributed by atoms with Crippen LogP contribution in [0, 0.1) is 6.92 Å². The normalized spacial score (nSPS) is 11.6. The van der Waals surface area contributed by atoms with Crippen molar-refractivity contribution in [2.24, 2.45) is 0 Å². The maximum absolute atomic E-state index is 12.5. The lowest BCUT2D eigenvalue weighted by atomic mass is 10.2. The molecule has 5 nitrogen and oxygen atoms in total. The van der Waals surface area contributed by atoms with Gasteiger partial charge in [0.05, 0.1) is 10.6 Å². The number of halogens is 1. The molecule has 0 bridgehead atoms. The van der Waals surface area contributed by atoms with Gasteiger partial charge < -0.3 is 0 Å². The molecule has 0 unspecified atom stereocenters. The van der Waals surface area contributed by atoms with Gasteiger partial charge in [0.15, 0.2) is 0 Å². The summed E-state index contributed by atoms with van der Waals surface area (Å²) in [7, 11) is -3.60. The summed E-state index contributed by atoms with van der Waals surface area (Å²) in [5, 5.41) is 4.68. The third kappa shape index (κ3) is 3.67. The van der Waals surface area contributed by atoms with Crippen molar-refractivity contribution in [3.8, 4) is 5.69 Å². The van der Waals surface area contributed by atoms with E-state index < -0.39 is 10.0 Å². The van der Waals surface area contributed by atoms with Crippen LogP contribution in [0.25, 0.3) is 5.69 Å². The van der Waals surface area contributed by atoms with Crippen LogP contribution in [0.4, 0.5) is 0 Å². The molecule has 24 heavy (non-hydrogen) atoms. The van der Waals surface area contributed by atoms with Gasteiger partial charge in [0.2, 0.25) is 10.0 Å². The summed E-state index contributed by atoms with van der Waals surface area (Å²) in [6, 6.07) is 14.1. The molecule has 2 aromatic carbocycles. The molecular formula is C17H16ClN3O2S. The summed E-state index contributed by atoms with van der Waals surface area (Å²) < 4.78 is 29.3. The minimum atomic E-state index is -3.60. The third-order valence-corrected chi connectivity index (χ3v) is 5.37. The lowest BCUT2D eigenvalue weighted by Crippen LogP contribution is -2.24. The average Bonchev–Trinajstić information content (AvgIpc) is 3.07. The Morgan fingerprint density at radius 1 is 1.17 bits per heavy atom. The predicted molar refractivity (Wildman–Crippen MR) is 93.8 cm³/mol. The van der Waals surface area contributed by atoms with Gasteiger partial charge in [0.1, 0.15) is 0 Å². The van der Waals surface area contributed by atoms with Crippen LogP contribution in [-0.4, -0.2) is 18.2 Å². The molecule has 0 aliphatic heterocycles. The molecule has 1 heterocycles. The van der Waals surface area contributed by atoms with E-state index in [-0.39, 0.29) is 11.4 Å². The highest BCUT2D eigenvalue weighted by molar-refractivity contribution is 7.89. The molecule has 0 fully saturated rings. The lowest BCUT2D eigenvalue weighted by Gasteiger charge is -2.10. The minimum Gasteiger partial charge on any atom is -0.241 e. The molecule has 0 atom stereocenters. The van der Waals surface area contributed by atoms with Crippen LogP contribution >= 0.6 is 11.6 Å². The lowest BCUT2D eigenvalue weighted by molar-refractivity contribution is 0.580. The fourth-order valence-corrected chi connectivity index (χ4v) is 3.87. The Bertz CT molecular complexity index is 954. The fraction of sp³-hybridized carbons (Fsp3) is 0.118. The zero-order valence-electron chi connectivity index (χ0n) is 13.0. The molecule has 0 spiro atoms. The van der Waals surface area contributed by atoms with Crippen molar-refractivity contribution in [2.45, 2.75) is 18.4 Å². The molecule has 1 aromatic heterocycles. The molecule has 0 aliphatic carbocycles. The van der Waals surface area contributed by atoms with Crippen molar-refractivity contribution in [3.63, 3.8) is 0 Å². The van der Waals surface area contributed by atoms with E-state index in [4.69, 9.17) is 11.6 Å². The summed E-state index contributed by atoms with van der Waals surface area (Å²) in [4.78, 5) is 0.232. The second kappa shape index (κ2) is 6.76. The third-order valence-electron chi connectivity index (χ3n) is 3.57. The molecule has 3 aromatic rings. The van der Waals surface area contributed by atoms with Crippen LogP contribution in [0.5, 0.6) is 0 Å². The van der Waals surface area contributed by atoms with Gasteiger partial charge in [0.25, 0.3) is 0 Å². The summed E-state index contributed by atoms with van der Waals surface area (Å²) >= 11 is 5.88. The van der Waals surface area contributed by atoms with Crippen molar-refractivity contribution >= 4 is 21.6 Å². The molecule has 0 aliphatic rings. The number of hydrogen-bond donors (Lipinski definition) is 1. The maximum atomic E-state index is 12.5. The van der Waals surface area contributed by atoms with Gasteiger partial charge in [-0.05, 0) is 54.4 Å². The molecule has 0 saturated heterocycles. The van der Waals surface area contributed by atoms with E-state index in [2.05, 4.69) is 9.82 Å². The Kier molecular flexibility index (Phi) is 4.71. The van der Waals surface area contributed by atoms with Gasteiger partial charge in [-0.25, -0.2) is 17.8 Å². The van der Waals surface area contributed by atoms with Crippen LogP contribution in [0.2, 0.25) is 5.02 Å². The van der Waals surface area contributed by atoms with E-state index in [9.17, 15) is 8.42 Å². The van der Waals surface area contributed by atoms with Crippen molar-refractivity contribution in [3.05, 3.63) is 77.1 Å². The molecule has 0 amide bonds. The molecule has 7 heteroatoms. The minimum absolute atomic E-state index is 0.194. The maximum Gasteiger partial charge on any atom is 0.241 e. The number of nitrogens with one attached hydrogen (secondary N) is 1. The molecule has 124 valence electrons. The summed E-state index contributed by atoms with van der Waals surface area (Å²) in [5.74, 6) is 0. The largest absolute Gasteiger partial charge is 0.241 e. The molecular weight excluding hydrogens is 346 g/mol. The van der Waals surface area contributed by atoms with Crippen LogP contribution in [-0.2, 0) is 16.6 Å². The van der Waals surface area contributed by atoms with E-state index >= 15 is 0 Å². The predicted octanol–water partition coefficient (Wildman–Crippen LogP) is 3.31. The van der Waals surface area contributed by atoms with Crippen molar-refractivity contribution in [1.82, 2.24) is 14.5 Å². The van der Waals surface area contributed by atoms with Gasteiger partial charge in [-0.1, -0.05) is 23.7 Å². The Labute approximate surface area is 145 Å². The van der Waals surface area contributed by atoms with Crippen LogP contribution in [0.15, 0.2) is 65.8 Å². The Balaban J connectivity index is 1.79. The number of nitrogens with zero attached hydrogens (tertiary/aromatic N) is 2. The summed E-state index contributed by atoms with van der Waals surface area (Å²) in [5.41, 5.74) is 2.33. The van der Waals surface area contributed by atoms with E-state index in [1.54, 1.807) is 29.9 Å². The van der Waals surface area contributed by atoms with Crippen LogP contribution in [0.1, 0.15) is 11.1 Å². The first-order valence-electron chi connectivity index (χ1n) is 7.30. The van der Waals surface area contributed by atoms with Gasteiger partial charge in [-0.2, -0.15) is 5.10 Å². The van der Waals surface area contributed by atoms with Gasteiger partial charge in [-0.15, -0.1) is 0 Å². The average molecular weight is 362 g/mol. The van der Waals surface area contributed by atoms with E-state index in [1.807, 2.05) is 36.5 Å². The van der Waals surface area contributed by atoms with Gasteiger partial charge >= 0.3 is 0 Å². The highest BCUT2D eigenvalue weighted by Crippen LogP contribution is 2.20. The monoisotopic (exact) mass is 361 g/mol. The second-order valence-corrected chi connectivity index (χ2v) is 7.53. The molecule has 0 radical (unpaired) electrons. The SMILES string of the molecule is Cc1cc(Cl)ccc1S(=O)(=O)NCc1cccc(-n2cccn2)c1. The van der Waals surface area contributed by atoms with Crippen molar-refractivity contribution in [2.75, 3.05) is 0 Å². The van der Waals surface area contributed by atoms with E-state index in [0.717, 1.165) is 11.3 Å². The second-order valence-electron chi connectivity index (χ2n) is 5.35. The van der Waals surface area contributed by atoms with E-state index in [0.29, 0.717) is 10.6 Å². The smallest absolute Gasteiger partial charge is 0.241 e. The number of aryl methyl sites for hydroxylation is 1. The number of benzene rings is 2. The first-order chi connectivity index (χ1) is 11.5. The topological polar surface area (TPSA) is 64.0 Å². The highest BCUT2D eigenvalue weighted by atomic mass is 35.5. The van der Waals surface area contributed by atoms with Crippen molar-refractivity contribution < 1.29 is 8.42 Å². The highest BCUT2D eigenvalue weighted by Gasteiger charge is 2.16. The number of aromatic nitrogens is 2. The zero-order valence-corrected chi connectivity index (χ0v) is 14.6.